The van der Waals surface area contributed by atoms with E-state index in [2.05, 4.69) is 5.10 Å². The Bertz CT molecular complexity index is 627. The Labute approximate surface area is 103 Å². The lowest BCUT2D eigenvalue weighted by Crippen LogP contribution is -2.24. The molecule has 0 atom stereocenters. The third kappa shape index (κ3) is 2.18. The van der Waals surface area contributed by atoms with Gasteiger partial charge in [-0.15, -0.1) is 0 Å². The van der Waals surface area contributed by atoms with Gasteiger partial charge < -0.3 is 10.5 Å². The molecule has 1 heterocycles. The van der Waals surface area contributed by atoms with E-state index in [0.717, 1.165) is 4.68 Å². The molecule has 0 fully saturated rings. The van der Waals surface area contributed by atoms with E-state index in [0.29, 0.717) is 17.0 Å². The second-order valence-corrected chi connectivity index (χ2v) is 3.70. The van der Waals surface area contributed by atoms with Crippen molar-refractivity contribution in [2.75, 3.05) is 7.11 Å². The van der Waals surface area contributed by atoms with Crippen molar-refractivity contribution in [2.45, 2.75) is 6.54 Å². The highest BCUT2D eigenvalue weighted by Gasteiger charge is 2.13. The van der Waals surface area contributed by atoms with Crippen LogP contribution in [0.5, 0.6) is 5.75 Å². The summed E-state index contributed by atoms with van der Waals surface area (Å²) in [7, 11) is 1.51. The van der Waals surface area contributed by atoms with Crippen molar-refractivity contribution < 1.29 is 9.53 Å². The second kappa shape index (κ2) is 4.89. The molecule has 0 aliphatic heterocycles. The SMILES string of the molecule is COc1cccc(C(=O)n2[nH]c(CN)cc2=O)c1. The topological polar surface area (TPSA) is 90.1 Å². The Hall–Kier alpha value is -2.34. The van der Waals surface area contributed by atoms with E-state index >= 15 is 0 Å². The van der Waals surface area contributed by atoms with Crippen LogP contribution in [0.4, 0.5) is 0 Å². The number of ether oxygens (including phenoxy) is 1. The van der Waals surface area contributed by atoms with Crippen LogP contribution in [0.15, 0.2) is 35.1 Å². The van der Waals surface area contributed by atoms with Gasteiger partial charge in [-0.3, -0.25) is 14.7 Å². The summed E-state index contributed by atoms with van der Waals surface area (Å²) < 4.78 is 5.96. The number of H-pyrrole nitrogens is 1. The van der Waals surface area contributed by atoms with E-state index in [1.807, 2.05) is 0 Å². The zero-order chi connectivity index (χ0) is 13.1. The van der Waals surface area contributed by atoms with Crippen molar-refractivity contribution in [3.8, 4) is 5.75 Å². The standard InChI is InChI=1S/C12H13N3O3/c1-18-10-4-2-3-8(5-10)12(17)15-11(16)6-9(7-13)14-15/h2-6,14H,7,13H2,1H3. The Balaban J connectivity index is 2.41. The molecule has 6 nitrogen and oxygen atoms in total. The maximum Gasteiger partial charge on any atom is 0.279 e. The molecule has 0 saturated heterocycles. The minimum Gasteiger partial charge on any atom is -0.497 e. The number of rotatable bonds is 3. The number of hydrogen-bond acceptors (Lipinski definition) is 4. The van der Waals surface area contributed by atoms with Gasteiger partial charge in [-0.25, -0.2) is 0 Å². The fraction of sp³-hybridized carbons (Fsp3) is 0.167. The second-order valence-electron chi connectivity index (χ2n) is 3.70. The van der Waals surface area contributed by atoms with Crippen molar-refractivity contribution in [2.24, 2.45) is 5.73 Å². The lowest BCUT2D eigenvalue weighted by atomic mass is 10.2. The first kappa shape index (κ1) is 12.1. The zero-order valence-corrected chi connectivity index (χ0v) is 9.84. The number of aromatic amines is 1. The smallest absolute Gasteiger partial charge is 0.279 e. The lowest BCUT2D eigenvalue weighted by molar-refractivity contribution is 0.0940. The van der Waals surface area contributed by atoms with E-state index in [4.69, 9.17) is 10.5 Å². The molecule has 0 aliphatic carbocycles. The minimum absolute atomic E-state index is 0.174. The molecular weight excluding hydrogens is 234 g/mol. The molecule has 18 heavy (non-hydrogen) atoms. The molecule has 2 rings (SSSR count). The Morgan fingerprint density at radius 1 is 1.44 bits per heavy atom. The number of hydrogen-bond donors (Lipinski definition) is 2. The molecule has 0 aliphatic rings. The van der Waals surface area contributed by atoms with E-state index in [-0.39, 0.29) is 6.54 Å². The Morgan fingerprint density at radius 3 is 2.83 bits per heavy atom. The molecule has 0 radical (unpaired) electrons. The van der Waals surface area contributed by atoms with Gasteiger partial charge in [0, 0.05) is 18.2 Å². The summed E-state index contributed by atoms with van der Waals surface area (Å²) in [4.78, 5) is 23.7. The number of nitrogens with zero attached hydrogens (tertiary/aromatic N) is 1. The molecule has 6 heteroatoms. The molecule has 0 amide bonds. The third-order valence-corrected chi connectivity index (χ3v) is 2.51. The molecular formula is C12H13N3O3. The van der Waals surface area contributed by atoms with E-state index in [1.54, 1.807) is 24.3 Å². The summed E-state index contributed by atoms with van der Waals surface area (Å²) in [5.41, 5.74) is 5.85. The molecule has 0 unspecified atom stereocenters. The fourth-order valence-corrected chi connectivity index (χ4v) is 1.59. The molecule has 3 N–H and O–H groups in total. The van der Waals surface area contributed by atoms with Gasteiger partial charge in [0.1, 0.15) is 5.75 Å². The van der Waals surface area contributed by atoms with Crippen LogP contribution < -0.4 is 16.0 Å². The van der Waals surface area contributed by atoms with E-state index in [9.17, 15) is 9.59 Å². The van der Waals surface area contributed by atoms with Crippen molar-refractivity contribution in [1.29, 1.82) is 0 Å². The highest BCUT2D eigenvalue weighted by molar-refractivity contribution is 5.95. The van der Waals surface area contributed by atoms with E-state index < -0.39 is 11.5 Å². The van der Waals surface area contributed by atoms with Gasteiger partial charge in [-0.1, -0.05) is 6.07 Å². The van der Waals surface area contributed by atoms with Gasteiger partial charge >= 0.3 is 0 Å². The molecule has 2 aromatic rings. The Kier molecular flexibility index (Phi) is 3.29. The van der Waals surface area contributed by atoms with Gasteiger partial charge in [0.15, 0.2) is 0 Å². The first-order valence-electron chi connectivity index (χ1n) is 5.35. The van der Waals surface area contributed by atoms with Crippen LogP contribution in [0, 0.1) is 0 Å². The predicted octanol–water partition coefficient (Wildman–Crippen LogP) is 0.332. The van der Waals surface area contributed by atoms with Crippen LogP contribution >= 0.6 is 0 Å². The number of benzene rings is 1. The lowest BCUT2D eigenvalue weighted by Gasteiger charge is -2.03. The van der Waals surface area contributed by atoms with Gasteiger partial charge in [0.2, 0.25) is 0 Å². The van der Waals surface area contributed by atoms with Crippen molar-refractivity contribution in [1.82, 2.24) is 9.78 Å². The van der Waals surface area contributed by atoms with Crippen molar-refractivity contribution in [3.05, 3.63) is 51.9 Å². The quantitative estimate of drug-likeness (QED) is 0.818. The predicted molar refractivity (Wildman–Crippen MR) is 65.7 cm³/mol. The normalized spacial score (nSPS) is 10.3. The van der Waals surface area contributed by atoms with Crippen LogP contribution in [0.3, 0.4) is 0 Å². The van der Waals surface area contributed by atoms with Crippen LogP contribution in [0.2, 0.25) is 0 Å². The number of nitrogens with two attached hydrogens (primary N) is 1. The van der Waals surface area contributed by atoms with Gasteiger partial charge in [-0.05, 0) is 18.2 Å². The molecule has 94 valence electrons. The van der Waals surface area contributed by atoms with Crippen molar-refractivity contribution in [3.63, 3.8) is 0 Å². The first-order chi connectivity index (χ1) is 8.65. The molecule has 0 saturated carbocycles. The van der Waals surface area contributed by atoms with Crippen molar-refractivity contribution >= 4 is 5.91 Å². The number of nitrogens with one attached hydrogen (secondary N) is 1. The zero-order valence-electron chi connectivity index (χ0n) is 9.84. The van der Waals surface area contributed by atoms with Gasteiger partial charge in [-0.2, -0.15) is 4.68 Å². The summed E-state index contributed by atoms with van der Waals surface area (Å²) in [6.45, 7) is 0.174. The summed E-state index contributed by atoms with van der Waals surface area (Å²) in [5, 5.41) is 2.66. The van der Waals surface area contributed by atoms with Crippen LogP contribution in [0.1, 0.15) is 16.1 Å². The third-order valence-electron chi connectivity index (χ3n) is 2.51. The summed E-state index contributed by atoms with van der Waals surface area (Å²) >= 11 is 0. The number of aromatic nitrogens is 2. The first-order valence-corrected chi connectivity index (χ1v) is 5.35. The minimum atomic E-state index is -0.446. The average molecular weight is 247 g/mol. The van der Waals surface area contributed by atoms with Crippen LogP contribution in [0.25, 0.3) is 0 Å². The van der Waals surface area contributed by atoms with Gasteiger partial charge in [0.05, 0.1) is 12.8 Å². The van der Waals surface area contributed by atoms with E-state index in [1.165, 1.54) is 13.2 Å². The molecule has 1 aromatic carbocycles. The number of carbonyl (C=O) groups excluding carboxylic acids is 1. The average Bonchev–Trinajstić information content (AvgIpc) is 2.79. The molecule has 0 bridgehead atoms. The Morgan fingerprint density at radius 2 is 2.22 bits per heavy atom. The molecule has 1 aromatic heterocycles. The van der Waals surface area contributed by atoms with Crippen LogP contribution in [-0.4, -0.2) is 22.8 Å². The summed E-state index contributed by atoms with van der Waals surface area (Å²) in [6, 6.07) is 7.89. The highest BCUT2D eigenvalue weighted by Crippen LogP contribution is 2.13. The van der Waals surface area contributed by atoms with Crippen LogP contribution in [-0.2, 0) is 6.54 Å². The number of methoxy groups -OCH3 is 1. The maximum atomic E-state index is 12.1. The fourth-order valence-electron chi connectivity index (χ4n) is 1.59. The van der Waals surface area contributed by atoms with Gasteiger partial charge in [0.25, 0.3) is 11.5 Å². The highest BCUT2D eigenvalue weighted by atomic mass is 16.5. The largest absolute Gasteiger partial charge is 0.497 e. The summed E-state index contributed by atoms with van der Waals surface area (Å²) in [5.74, 6) is 0.109. The monoisotopic (exact) mass is 247 g/mol. The maximum absolute atomic E-state index is 12.1. The number of carbonyl (C=O) groups is 1. The summed E-state index contributed by atoms with van der Waals surface area (Å²) in [6.07, 6.45) is 0. The molecule has 0 spiro atoms.